The Morgan fingerprint density at radius 3 is 0.885 bits per heavy atom. The Morgan fingerprint density at radius 1 is 0.654 bits per heavy atom. The second-order valence-corrected chi connectivity index (χ2v) is 6.97. The molecule has 0 aromatic heterocycles. The molecule has 11 heteroatoms. The van der Waals surface area contributed by atoms with Gasteiger partial charge >= 0.3 is 0 Å². The van der Waals surface area contributed by atoms with Crippen molar-refractivity contribution in [3.8, 4) is 0 Å². The summed E-state index contributed by atoms with van der Waals surface area (Å²) in [6.07, 6.45) is 0.855. The Morgan fingerprint density at radius 2 is 0.885 bits per heavy atom. The monoisotopic (exact) mass is 478 g/mol. The Kier molecular flexibility index (Phi) is 19.1. The van der Waals surface area contributed by atoms with Gasteiger partial charge in [0.25, 0.3) is 0 Å². The number of epoxide rings is 4. The third kappa shape index (κ3) is 23.2. The van der Waals surface area contributed by atoms with Crippen LogP contribution in [0.25, 0.3) is 0 Å². The summed E-state index contributed by atoms with van der Waals surface area (Å²) >= 11 is 26.1. The Balaban J connectivity index is 0.000000301. The van der Waals surface area contributed by atoms with E-state index < -0.39 is 6.10 Å². The molecule has 4 fully saturated rings. The van der Waals surface area contributed by atoms with Gasteiger partial charge in [-0.1, -0.05) is 0 Å². The van der Waals surface area contributed by atoms with E-state index in [-0.39, 0.29) is 12.5 Å². The van der Waals surface area contributed by atoms with Gasteiger partial charge in [-0.25, -0.2) is 0 Å². The molecule has 0 amide bonds. The van der Waals surface area contributed by atoms with Crippen LogP contribution in [0.1, 0.15) is 0 Å². The van der Waals surface area contributed by atoms with Crippen LogP contribution < -0.4 is 0 Å². The van der Waals surface area contributed by atoms with Gasteiger partial charge in [0.05, 0.1) is 93.0 Å². The molecule has 26 heavy (non-hydrogen) atoms. The highest BCUT2D eigenvalue weighted by Gasteiger charge is 2.21. The van der Waals surface area contributed by atoms with E-state index in [1.54, 1.807) is 0 Å². The minimum Gasteiger partial charge on any atom is -0.394 e. The Bertz CT molecular complexity index is 250. The molecule has 4 saturated heterocycles. The first kappa shape index (κ1) is 27.2. The molecule has 6 nitrogen and oxygen atoms in total. The lowest BCUT2D eigenvalue weighted by molar-refractivity contribution is 0.112. The van der Waals surface area contributed by atoms with Crippen LogP contribution in [0.2, 0.25) is 0 Å². The number of halogens is 5. The summed E-state index contributed by atoms with van der Waals surface area (Å²) < 4.78 is 18.9. The molecule has 4 rings (SSSR count). The summed E-state index contributed by atoms with van der Waals surface area (Å²) in [5.74, 6) is 2.77. The van der Waals surface area contributed by atoms with Crippen LogP contribution in [0.4, 0.5) is 0 Å². The average molecular weight is 481 g/mol. The number of ether oxygens (including phenoxy) is 4. The summed E-state index contributed by atoms with van der Waals surface area (Å²) in [7, 11) is 0. The van der Waals surface area contributed by atoms with Gasteiger partial charge in [-0.3, -0.25) is 0 Å². The Hall–Kier alpha value is 1.21. The fraction of sp³-hybridized carbons (Fsp3) is 1.00. The van der Waals surface area contributed by atoms with E-state index in [1.165, 1.54) is 0 Å². The van der Waals surface area contributed by atoms with E-state index in [0.29, 0.717) is 47.9 Å². The lowest BCUT2D eigenvalue weighted by atomic mass is 10.5. The zero-order valence-electron chi connectivity index (χ0n) is 14.4. The van der Waals surface area contributed by atoms with Crippen molar-refractivity contribution >= 4 is 58.0 Å². The van der Waals surface area contributed by atoms with Gasteiger partial charge in [0, 0.05) is 0 Å². The molecule has 0 spiro atoms. The lowest BCUT2D eigenvalue weighted by Gasteiger charge is -1.95. The summed E-state index contributed by atoms with van der Waals surface area (Å²) in [5.41, 5.74) is 0. The van der Waals surface area contributed by atoms with Crippen LogP contribution in [0.3, 0.4) is 0 Å². The predicted molar refractivity (Wildman–Crippen MR) is 106 cm³/mol. The summed E-state index contributed by atoms with van der Waals surface area (Å²) in [5, 5.41) is 16.3. The van der Waals surface area contributed by atoms with Gasteiger partial charge in [0.2, 0.25) is 0 Å². The molecular formula is C15H27Cl5O6. The highest BCUT2D eigenvalue weighted by molar-refractivity contribution is 6.19. The molecule has 0 radical (unpaired) electrons. The van der Waals surface area contributed by atoms with Crippen LogP contribution in [0.5, 0.6) is 0 Å². The number of alkyl halides is 5. The van der Waals surface area contributed by atoms with Crippen LogP contribution in [0.15, 0.2) is 0 Å². The molecule has 0 bridgehead atoms. The second kappa shape index (κ2) is 18.3. The predicted octanol–water partition coefficient (Wildman–Crippen LogP) is 2.07. The van der Waals surface area contributed by atoms with E-state index in [0.717, 1.165) is 26.4 Å². The minimum atomic E-state index is -0.744. The minimum absolute atomic E-state index is 0.108. The maximum absolute atomic E-state index is 8.28. The molecular weight excluding hydrogens is 453 g/mol. The summed E-state index contributed by atoms with van der Waals surface area (Å²) in [6.45, 7) is 3.27. The maximum atomic E-state index is 8.28. The lowest BCUT2D eigenvalue weighted by Crippen LogP contribution is -2.12. The van der Waals surface area contributed by atoms with E-state index in [2.05, 4.69) is 0 Å². The largest absolute Gasteiger partial charge is 0.394 e. The number of hydrogen-bond donors (Lipinski definition) is 2. The molecule has 158 valence electrons. The molecule has 2 N–H and O–H groups in total. The van der Waals surface area contributed by atoms with Crippen molar-refractivity contribution in [3.05, 3.63) is 0 Å². The smallest absolute Gasteiger partial charge is 0.0944 e. The van der Waals surface area contributed by atoms with E-state index in [4.69, 9.17) is 87.2 Å². The Labute approximate surface area is 179 Å². The van der Waals surface area contributed by atoms with Crippen molar-refractivity contribution in [1.82, 2.24) is 0 Å². The van der Waals surface area contributed by atoms with Crippen LogP contribution in [-0.4, -0.2) is 103 Å². The first-order chi connectivity index (χ1) is 12.5. The van der Waals surface area contributed by atoms with Crippen molar-refractivity contribution in [2.75, 3.05) is 62.4 Å². The number of hydrogen-bond acceptors (Lipinski definition) is 6. The third-order valence-electron chi connectivity index (χ3n) is 2.69. The zero-order valence-corrected chi connectivity index (χ0v) is 18.2. The van der Waals surface area contributed by atoms with Gasteiger partial charge in [0.15, 0.2) is 0 Å². The normalized spacial score (nSPS) is 29.7. The van der Waals surface area contributed by atoms with Gasteiger partial charge in [0.1, 0.15) is 0 Å². The van der Waals surface area contributed by atoms with Gasteiger partial charge in [-0.05, 0) is 0 Å². The molecule has 4 aliphatic rings. The molecule has 4 heterocycles. The molecule has 4 aliphatic heterocycles. The topological polar surface area (TPSA) is 90.6 Å². The van der Waals surface area contributed by atoms with Crippen molar-refractivity contribution in [3.63, 3.8) is 0 Å². The van der Waals surface area contributed by atoms with E-state index in [9.17, 15) is 0 Å². The van der Waals surface area contributed by atoms with Crippen molar-refractivity contribution < 1.29 is 29.2 Å². The summed E-state index contributed by atoms with van der Waals surface area (Å²) in [6, 6.07) is 0. The number of rotatable bonds is 6. The molecule has 0 saturated carbocycles. The van der Waals surface area contributed by atoms with Crippen molar-refractivity contribution in [2.24, 2.45) is 0 Å². The summed E-state index contributed by atoms with van der Waals surface area (Å²) in [4.78, 5) is 0. The van der Waals surface area contributed by atoms with Gasteiger partial charge < -0.3 is 29.2 Å². The molecule has 5 atom stereocenters. The second-order valence-electron chi connectivity index (χ2n) is 5.43. The molecule has 0 aliphatic carbocycles. The maximum Gasteiger partial charge on any atom is 0.0944 e. The van der Waals surface area contributed by atoms with Crippen LogP contribution in [-0.2, 0) is 18.9 Å². The highest BCUT2D eigenvalue weighted by Crippen LogP contribution is 2.10. The van der Waals surface area contributed by atoms with Crippen molar-refractivity contribution in [2.45, 2.75) is 30.5 Å². The van der Waals surface area contributed by atoms with Crippen molar-refractivity contribution in [1.29, 1.82) is 0 Å². The van der Waals surface area contributed by atoms with Crippen LogP contribution >= 0.6 is 58.0 Å². The quantitative estimate of drug-likeness (QED) is 0.447. The highest BCUT2D eigenvalue weighted by atomic mass is 35.5. The van der Waals surface area contributed by atoms with Gasteiger partial charge in [-0.15, -0.1) is 58.0 Å². The number of aliphatic hydroxyl groups excluding tert-OH is 2. The molecule has 1 unspecified atom stereocenters. The SMILES string of the molecule is ClCC1CO1.ClC[C@@H]1CO1.ClC[C@@H]1CO1.ClC[C@@H]1CO1.OC[C@@H](O)CCl. The average Bonchev–Trinajstić information content (AvgIpc) is 3.58. The number of aliphatic hydroxyl groups is 2. The molecule has 0 aromatic carbocycles. The van der Waals surface area contributed by atoms with Crippen LogP contribution in [0, 0.1) is 0 Å². The fourth-order valence-corrected chi connectivity index (χ4v) is 1.49. The van der Waals surface area contributed by atoms with Gasteiger partial charge in [-0.2, -0.15) is 0 Å². The van der Waals surface area contributed by atoms with E-state index >= 15 is 0 Å². The first-order valence-corrected chi connectivity index (χ1v) is 10.8. The third-order valence-corrected chi connectivity index (χ3v) is 4.42. The standard InChI is InChI=1S/C3H7ClO2.4C3H5ClO/c4-1-3(6)2-5;4*4-1-3-2-5-3/h3,5-6H,1-2H2;4*3H,1-2H2/t4*3-;/m0111./s1. The molecule has 0 aromatic rings. The van der Waals surface area contributed by atoms with E-state index in [1.807, 2.05) is 0 Å². The first-order valence-electron chi connectivity index (χ1n) is 8.09. The fourth-order valence-electron chi connectivity index (χ4n) is 0.677. The zero-order chi connectivity index (χ0) is 19.8.